The number of carbonyl (C=O) groups is 1. The Bertz CT molecular complexity index is 1150. The number of aromatic nitrogens is 2. The van der Waals surface area contributed by atoms with Crippen LogP contribution >= 0.6 is 27.3 Å². The van der Waals surface area contributed by atoms with Gasteiger partial charge in [-0.3, -0.25) is 14.7 Å². The smallest absolute Gasteiger partial charge is 0.260 e. The topological polar surface area (TPSA) is 55.3 Å². The van der Waals surface area contributed by atoms with Crippen LogP contribution in [0.4, 0.5) is 5.13 Å². The molecule has 2 aromatic heterocycles. The largest absolute Gasteiger partial charge is 0.494 e. The summed E-state index contributed by atoms with van der Waals surface area (Å²) >= 11 is 4.91. The maximum absolute atomic E-state index is 13.4. The lowest BCUT2D eigenvalue weighted by atomic mass is 10.2. The van der Waals surface area contributed by atoms with Crippen molar-refractivity contribution in [3.05, 3.63) is 82.6 Å². The second-order valence-electron chi connectivity index (χ2n) is 6.28. The Kier molecular flexibility index (Phi) is 5.87. The summed E-state index contributed by atoms with van der Waals surface area (Å²) in [5.41, 5.74) is 2.22. The van der Waals surface area contributed by atoms with Gasteiger partial charge >= 0.3 is 0 Å². The van der Waals surface area contributed by atoms with Crippen molar-refractivity contribution in [3.63, 3.8) is 0 Å². The third-order valence-corrected chi connectivity index (χ3v) is 5.79. The average Bonchev–Trinajstić information content (AvgIpc) is 3.15. The van der Waals surface area contributed by atoms with Gasteiger partial charge in [-0.1, -0.05) is 39.4 Å². The van der Waals surface area contributed by atoms with E-state index in [-0.39, 0.29) is 5.91 Å². The summed E-state index contributed by atoms with van der Waals surface area (Å²) in [5, 5.41) is 0.629. The number of ether oxygens (including phenoxy) is 1. The predicted molar refractivity (Wildman–Crippen MR) is 120 cm³/mol. The molecule has 0 N–H and O–H groups in total. The lowest BCUT2D eigenvalue weighted by molar-refractivity contribution is 0.0984. The maximum Gasteiger partial charge on any atom is 0.260 e. The summed E-state index contributed by atoms with van der Waals surface area (Å²) in [4.78, 5) is 24.1. The number of rotatable bonds is 6. The molecular formula is C22H18BrN3O2S. The van der Waals surface area contributed by atoms with Crippen LogP contribution in [-0.4, -0.2) is 22.5 Å². The van der Waals surface area contributed by atoms with Gasteiger partial charge in [0.2, 0.25) is 0 Å². The number of fused-ring (bicyclic) bond motifs is 1. The standard InChI is InChI=1S/C22H18BrN3O2S/c1-2-28-18-9-10-19-20(13-18)29-22(25-19)26(14-17-8-3-4-11-24-17)21(27)15-6-5-7-16(23)12-15/h3-13H,2,14H2,1H3. The van der Waals surface area contributed by atoms with Crippen molar-refractivity contribution in [2.45, 2.75) is 13.5 Å². The Morgan fingerprint density at radius 1 is 1.14 bits per heavy atom. The SMILES string of the molecule is CCOc1ccc2nc(N(Cc3ccccn3)C(=O)c3cccc(Br)c3)sc2c1. The summed E-state index contributed by atoms with van der Waals surface area (Å²) in [6, 6.07) is 18.8. The lowest BCUT2D eigenvalue weighted by Crippen LogP contribution is -2.30. The molecule has 4 aromatic rings. The number of amides is 1. The fourth-order valence-corrected chi connectivity index (χ4v) is 4.31. The van der Waals surface area contributed by atoms with Gasteiger partial charge in [-0.25, -0.2) is 4.98 Å². The molecule has 0 aliphatic rings. The molecule has 0 aliphatic carbocycles. The minimum absolute atomic E-state index is 0.124. The first-order chi connectivity index (χ1) is 14.1. The fraction of sp³-hybridized carbons (Fsp3) is 0.136. The Hall–Kier alpha value is -2.77. The van der Waals surface area contributed by atoms with Crippen molar-refractivity contribution in [1.29, 1.82) is 0 Å². The molecule has 1 amide bonds. The van der Waals surface area contributed by atoms with Gasteiger partial charge in [-0.05, 0) is 55.5 Å². The second kappa shape index (κ2) is 8.71. The summed E-state index contributed by atoms with van der Waals surface area (Å²) in [5.74, 6) is 0.672. The molecule has 0 aliphatic heterocycles. The molecule has 5 nitrogen and oxygen atoms in total. The first-order valence-corrected chi connectivity index (χ1v) is 10.8. The highest BCUT2D eigenvalue weighted by atomic mass is 79.9. The van der Waals surface area contributed by atoms with Gasteiger partial charge in [-0.15, -0.1) is 0 Å². The Morgan fingerprint density at radius 3 is 2.79 bits per heavy atom. The molecule has 146 valence electrons. The molecule has 2 heterocycles. The molecule has 0 saturated carbocycles. The summed E-state index contributed by atoms with van der Waals surface area (Å²) in [6.45, 7) is 2.89. The quantitative estimate of drug-likeness (QED) is 0.364. The Labute approximate surface area is 181 Å². The Morgan fingerprint density at radius 2 is 2.03 bits per heavy atom. The van der Waals surface area contributed by atoms with Crippen molar-refractivity contribution < 1.29 is 9.53 Å². The van der Waals surface area contributed by atoms with E-state index in [0.29, 0.717) is 23.8 Å². The van der Waals surface area contributed by atoms with Crippen LogP contribution in [-0.2, 0) is 6.54 Å². The van der Waals surface area contributed by atoms with E-state index >= 15 is 0 Å². The third-order valence-electron chi connectivity index (χ3n) is 4.25. The van der Waals surface area contributed by atoms with Crippen LogP contribution in [0.5, 0.6) is 5.75 Å². The highest BCUT2D eigenvalue weighted by molar-refractivity contribution is 9.10. The van der Waals surface area contributed by atoms with E-state index in [1.807, 2.05) is 61.5 Å². The molecule has 4 rings (SSSR count). The molecule has 0 atom stereocenters. The molecule has 0 unspecified atom stereocenters. The van der Waals surface area contributed by atoms with Gasteiger partial charge in [0.15, 0.2) is 5.13 Å². The first-order valence-electron chi connectivity index (χ1n) is 9.15. The Balaban J connectivity index is 1.75. The monoisotopic (exact) mass is 467 g/mol. The van der Waals surface area contributed by atoms with Crippen molar-refractivity contribution in [1.82, 2.24) is 9.97 Å². The molecule has 0 saturated heterocycles. The van der Waals surface area contributed by atoms with E-state index in [4.69, 9.17) is 9.72 Å². The van der Waals surface area contributed by atoms with Gasteiger partial charge in [0.05, 0.1) is 29.1 Å². The van der Waals surface area contributed by atoms with Crippen LogP contribution in [0.2, 0.25) is 0 Å². The first kappa shape index (κ1) is 19.5. The number of nitrogens with zero attached hydrogens (tertiary/aromatic N) is 3. The van der Waals surface area contributed by atoms with E-state index in [1.54, 1.807) is 17.2 Å². The number of anilines is 1. The zero-order chi connectivity index (χ0) is 20.2. The van der Waals surface area contributed by atoms with Crippen LogP contribution in [0, 0.1) is 0 Å². The summed E-state index contributed by atoms with van der Waals surface area (Å²) in [6.07, 6.45) is 1.73. The minimum atomic E-state index is -0.124. The number of pyridine rings is 1. The molecule has 0 spiro atoms. The normalized spacial score (nSPS) is 10.8. The number of carbonyl (C=O) groups excluding carboxylic acids is 1. The molecule has 2 aromatic carbocycles. The lowest BCUT2D eigenvalue weighted by Gasteiger charge is -2.19. The van der Waals surface area contributed by atoms with Crippen molar-refractivity contribution in [2.75, 3.05) is 11.5 Å². The second-order valence-corrected chi connectivity index (χ2v) is 8.21. The number of halogens is 1. The van der Waals surface area contributed by atoms with E-state index in [2.05, 4.69) is 20.9 Å². The highest BCUT2D eigenvalue weighted by Crippen LogP contribution is 2.33. The van der Waals surface area contributed by atoms with E-state index < -0.39 is 0 Å². The van der Waals surface area contributed by atoms with Gasteiger partial charge in [0.25, 0.3) is 5.91 Å². The summed E-state index contributed by atoms with van der Waals surface area (Å²) in [7, 11) is 0. The van der Waals surface area contributed by atoms with Crippen LogP contribution in [0.25, 0.3) is 10.2 Å². The molecule has 0 fully saturated rings. The van der Waals surface area contributed by atoms with Gasteiger partial charge in [-0.2, -0.15) is 0 Å². The van der Waals surface area contributed by atoms with Crippen LogP contribution in [0.15, 0.2) is 71.3 Å². The van der Waals surface area contributed by atoms with Crippen molar-refractivity contribution in [3.8, 4) is 5.75 Å². The molecule has 7 heteroatoms. The average molecular weight is 468 g/mol. The van der Waals surface area contributed by atoms with Gasteiger partial charge < -0.3 is 4.74 Å². The fourth-order valence-electron chi connectivity index (χ4n) is 2.92. The molecule has 0 radical (unpaired) electrons. The van der Waals surface area contributed by atoms with E-state index in [9.17, 15) is 4.79 Å². The van der Waals surface area contributed by atoms with Crippen LogP contribution in [0.1, 0.15) is 23.0 Å². The van der Waals surface area contributed by atoms with Crippen molar-refractivity contribution >= 4 is 48.5 Å². The zero-order valence-electron chi connectivity index (χ0n) is 15.7. The number of hydrogen-bond donors (Lipinski definition) is 0. The van der Waals surface area contributed by atoms with Crippen LogP contribution in [0.3, 0.4) is 0 Å². The molecule has 29 heavy (non-hydrogen) atoms. The highest BCUT2D eigenvalue weighted by Gasteiger charge is 2.22. The minimum Gasteiger partial charge on any atom is -0.494 e. The van der Waals surface area contributed by atoms with Gasteiger partial charge in [0.1, 0.15) is 5.75 Å². The predicted octanol–water partition coefficient (Wildman–Crippen LogP) is 5.70. The number of hydrogen-bond acceptors (Lipinski definition) is 5. The van der Waals surface area contributed by atoms with Crippen LogP contribution < -0.4 is 9.64 Å². The number of benzene rings is 2. The van der Waals surface area contributed by atoms with E-state index in [0.717, 1.165) is 26.1 Å². The zero-order valence-corrected chi connectivity index (χ0v) is 18.1. The maximum atomic E-state index is 13.4. The van der Waals surface area contributed by atoms with Gasteiger partial charge in [0, 0.05) is 16.2 Å². The molecule has 0 bridgehead atoms. The molecular weight excluding hydrogens is 450 g/mol. The van der Waals surface area contributed by atoms with Crippen molar-refractivity contribution in [2.24, 2.45) is 0 Å². The third kappa shape index (κ3) is 4.46. The number of thiazole rings is 1. The van der Waals surface area contributed by atoms with E-state index in [1.165, 1.54) is 11.3 Å². The summed E-state index contributed by atoms with van der Waals surface area (Å²) < 4.78 is 7.42.